The highest BCUT2D eigenvalue weighted by Crippen LogP contribution is 2.29. The van der Waals surface area contributed by atoms with E-state index in [2.05, 4.69) is 0 Å². The van der Waals surface area contributed by atoms with Crippen molar-refractivity contribution >= 4 is 17.9 Å². The van der Waals surface area contributed by atoms with Gasteiger partial charge in [-0.1, -0.05) is 67.9 Å². The molecule has 1 aliphatic heterocycles. The standard InChI is InChI=1S/C31H33NO7/c1-2-3-19-32-20-26(37-29(34)22-13-7-4-8-14-22)28(39-31(36)24-17-11-6-12-18-24)27(25(32)21-33)38-30(35)23-15-9-5-10-16-23/h4-18,25-28,33H,2-3,19-21H2,1H3/t25-,26+,27-,28-/m1/s1. The molecule has 0 bridgehead atoms. The van der Waals surface area contributed by atoms with Crippen molar-refractivity contribution in [2.24, 2.45) is 0 Å². The average molecular weight is 532 g/mol. The van der Waals surface area contributed by atoms with Crippen molar-refractivity contribution < 1.29 is 33.7 Å². The Morgan fingerprint density at radius 1 is 0.718 bits per heavy atom. The first-order valence-electron chi connectivity index (χ1n) is 13.1. The molecule has 8 nitrogen and oxygen atoms in total. The molecular weight excluding hydrogens is 498 g/mol. The van der Waals surface area contributed by atoms with E-state index in [1.54, 1.807) is 91.0 Å². The number of esters is 3. The summed E-state index contributed by atoms with van der Waals surface area (Å²) in [6.07, 6.45) is -1.52. The molecule has 1 fully saturated rings. The lowest BCUT2D eigenvalue weighted by Crippen LogP contribution is -2.65. The summed E-state index contributed by atoms with van der Waals surface area (Å²) in [6, 6.07) is 24.7. The Labute approximate surface area is 228 Å². The van der Waals surface area contributed by atoms with Gasteiger partial charge in [0.1, 0.15) is 0 Å². The van der Waals surface area contributed by atoms with Crippen molar-refractivity contribution in [1.29, 1.82) is 0 Å². The van der Waals surface area contributed by atoms with Crippen LogP contribution in [0.3, 0.4) is 0 Å². The van der Waals surface area contributed by atoms with Crippen LogP contribution in [-0.2, 0) is 14.2 Å². The Morgan fingerprint density at radius 3 is 1.59 bits per heavy atom. The molecule has 8 heteroatoms. The van der Waals surface area contributed by atoms with Gasteiger partial charge in [-0.05, 0) is 49.4 Å². The molecule has 39 heavy (non-hydrogen) atoms. The molecule has 0 aliphatic carbocycles. The fourth-order valence-corrected chi connectivity index (χ4v) is 4.65. The van der Waals surface area contributed by atoms with E-state index in [1.807, 2.05) is 11.8 Å². The number of carbonyl (C=O) groups excluding carboxylic acids is 3. The molecule has 1 N–H and O–H groups in total. The lowest BCUT2D eigenvalue weighted by Gasteiger charge is -2.46. The van der Waals surface area contributed by atoms with E-state index in [0.717, 1.165) is 12.8 Å². The van der Waals surface area contributed by atoms with Gasteiger partial charge in [0.25, 0.3) is 0 Å². The van der Waals surface area contributed by atoms with Gasteiger partial charge in [-0.25, -0.2) is 14.4 Å². The number of benzene rings is 3. The second kappa shape index (κ2) is 13.7. The predicted molar refractivity (Wildman–Crippen MR) is 144 cm³/mol. The maximum absolute atomic E-state index is 13.2. The fourth-order valence-electron chi connectivity index (χ4n) is 4.65. The van der Waals surface area contributed by atoms with Crippen molar-refractivity contribution in [3.63, 3.8) is 0 Å². The van der Waals surface area contributed by atoms with Crippen molar-refractivity contribution in [3.8, 4) is 0 Å². The number of likely N-dealkylation sites (tertiary alicyclic amines) is 1. The van der Waals surface area contributed by atoms with Gasteiger partial charge >= 0.3 is 17.9 Å². The van der Waals surface area contributed by atoms with Crippen LogP contribution in [0.2, 0.25) is 0 Å². The lowest BCUT2D eigenvalue weighted by atomic mass is 9.92. The lowest BCUT2D eigenvalue weighted by molar-refractivity contribution is -0.153. The molecular formula is C31H33NO7. The van der Waals surface area contributed by atoms with Crippen LogP contribution in [-0.4, -0.2) is 72.0 Å². The van der Waals surface area contributed by atoms with Crippen LogP contribution in [0, 0.1) is 0 Å². The van der Waals surface area contributed by atoms with Gasteiger partial charge in [-0.3, -0.25) is 4.90 Å². The van der Waals surface area contributed by atoms with Crippen LogP contribution < -0.4 is 0 Å². The first-order chi connectivity index (χ1) is 19.0. The predicted octanol–water partition coefficient (Wildman–Crippen LogP) is 4.14. The number of hydrogen-bond acceptors (Lipinski definition) is 8. The summed E-state index contributed by atoms with van der Waals surface area (Å²) in [5, 5.41) is 10.4. The SMILES string of the molecule is CCCCN1C[C@H](OC(=O)c2ccccc2)[C@@H](OC(=O)c2ccccc2)[C@H](OC(=O)c2ccccc2)[C@H]1CO. The Hall–Kier alpha value is -4.01. The summed E-state index contributed by atoms with van der Waals surface area (Å²) in [6.45, 7) is 2.45. The summed E-state index contributed by atoms with van der Waals surface area (Å²) in [5.41, 5.74) is 0.950. The third-order valence-corrected chi connectivity index (χ3v) is 6.71. The number of unbranched alkanes of at least 4 members (excludes halogenated alkanes) is 1. The number of aliphatic hydroxyl groups excluding tert-OH is 1. The van der Waals surface area contributed by atoms with Crippen molar-refractivity contribution in [2.75, 3.05) is 19.7 Å². The number of rotatable bonds is 10. The molecule has 4 rings (SSSR count). The molecule has 1 heterocycles. The minimum absolute atomic E-state index is 0.190. The highest BCUT2D eigenvalue weighted by atomic mass is 16.6. The van der Waals surface area contributed by atoms with Crippen LogP contribution in [0.1, 0.15) is 50.8 Å². The van der Waals surface area contributed by atoms with Gasteiger partial charge in [-0.2, -0.15) is 0 Å². The van der Waals surface area contributed by atoms with E-state index >= 15 is 0 Å². The van der Waals surface area contributed by atoms with Gasteiger partial charge in [0.05, 0.1) is 29.3 Å². The summed E-state index contributed by atoms with van der Waals surface area (Å²) >= 11 is 0. The molecule has 3 aromatic rings. The highest BCUT2D eigenvalue weighted by molar-refractivity contribution is 5.91. The summed E-state index contributed by atoms with van der Waals surface area (Å²) in [4.78, 5) is 41.4. The number of carbonyl (C=O) groups is 3. The first kappa shape index (κ1) is 28.0. The van der Waals surface area contributed by atoms with E-state index in [1.165, 1.54) is 0 Å². The third-order valence-electron chi connectivity index (χ3n) is 6.71. The average Bonchev–Trinajstić information content (AvgIpc) is 2.98. The summed E-state index contributed by atoms with van der Waals surface area (Å²) in [7, 11) is 0. The van der Waals surface area contributed by atoms with Gasteiger partial charge in [0.15, 0.2) is 18.3 Å². The third kappa shape index (κ3) is 7.10. The van der Waals surface area contributed by atoms with Crippen molar-refractivity contribution in [1.82, 2.24) is 4.90 Å². The van der Waals surface area contributed by atoms with E-state index in [0.29, 0.717) is 23.2 Å². The van der Waals surface area contributed by atoms with E-state index in [-0.39, 0.29) is 13.2 Å². The molecule has 0 unspecified atom stereocenters. The van der Waals surface area contributed by atoms with Crippen molar-refractivity contribution in [2.45, 2.75) is 44.1 Å². The molecule has 0 amide bonds. The van der Waals surface area contributed by atoms with Crippen LogP contribution in [0.4, 0.5) is 0 Å². The van der Waals surface area contributed by atoms with Gasteiger partial charge < -0.3 is 19.3 Å². The topological polar surface area (TPSA) is 102 Å². The molecule has 1 saturated heterocycles. The Morgan fingerprint density at radius 2 is 1.15 bits per heavy atom. The number of hydrogen-bond donors (Lipinski definition) is 1. The maximum atomic E-state index is 13.2. The van der Waals surface area contributed by atoms with Crippen molar-refractivity contribution in [3.05, 3.63) is 108 Å². The van der Waals surface area contributed by atoms with Crippen LogP contribution in [0.5, 0.6) is 0 Å². The fraction of sp³-hybridized carbons (Fsp3) is 0.323. The smallest absolute Gasteiger partial charge is 0.338 e. The molecule has 0 spiro atoms. The Kier molecular flexibility index (Phi) is 9.83. The van der Waals surface area contributed by atoms with Gasteiger partial charge in [-0.15, -0.1) is 0 Å². The Balaban J connectivity index is 1.70. The van der Waals surface area contributed by atoms with Crippen LogP contribution in [0.25, 0.3) is 0 Å². The minimum atomic E-state index is -1.16. The van der Waals surface area contributed by atoms with E-state index in [4.69, 9.17) is 14.2 Å². The molecule has 4 atom stereocenters. The van der Waals surface area contributed by atoms with Crippen LogP contribution in [0.15, 0.2) is 91.0 Å². The normalized spacial score (nSPS) is 21.1. The molecule has 1 aliphatic rings. The molecule has 0 saturated carbocycles. The monoisotopic (exact) mass is 531 g/mol. The molecule has 204 valence electrons. The zero-order valence-corrected chi connectivity index (χ0v) is 21.8. The quantitative estimate of drug-likeness (QED) is 0.308. The number of nitrogens with zero attached hydrogens (tertiary/aromatic N) is 1. The maximum Gasteiger partial charge on any atom is 0.338 e. The second-order valence-electron chi connectivity index (χ2n) is 9.38. The van der Waals surface area contributed by atoms with E-state index < -0.39 is 42.3 Å². The van der Waals surface area contributed by atoms with Crippen LogP contribution >= 0.6 is 0 Å². The number of piperidine rings is 1. The van der Waals surface area contributed by atoms with Gasteiger partial charge in [0.2, 0.25) is 0 Å². The number of aliphatic hydroxyl groups is 1. The number of ether oxygens (including phenoxy) is 3. The zero-order valence-electron chi connectivity index (χ0n) is 21.8. The second-order valence-corrected chi connectivity index (χ2v) is 9.38. The highest BCUT2D eigenvalue weighted by Gasteiger charge is 2.49. The molecule has 0 radical (unpaired) electrons. The summed E-state index contributed by atoms with van der Waals surface area (Å²) in [5.74, 6) is -1.88. The largest absolute Gasteiger partial charge is 0.453 e. The van der Waals surface area contributed by atoms with Gasteiger partial charge in [0, 0.05) is 6.54 Å². The Bertz CT molecular complexity index is 1220. The minimum Gasteiger partial charge on any atom is -0.453 e. The molecule has 0 aromatic heterocycles. The first-order valence-corrected chi connectivity index (χ1v) is 13.1. The summed E-state index contributed by atoms with van der Waals surface area (Å²) < 4.78 is 17.8. The molecule has 3 aromatic carbocycles. The zero-order chi connectivity index (χ0) is 27.6. The van der Waals surface area contributed by atoms with E-state index in [9.17, 15) is 19.5 Å².